The number of amides is 2. The molecule has 0 atom stereocenters. The molecule has 130 valence electrons. The lowest BCUT2D eigenvalue weighted by molar-refractivity contribution is -0.117. The molecule has 0 aromatic heterocycles. The maximum atomic E-state index is 11.3. The van der Waals surface area contributed by atoms with Crippen LogP contribution in [0.1, 0.15) is 19.4 Å². The van der Waals surface area contributed by atoms with Crippen molar-refractivity contribution in [2.75, 3.05) is 0 Å². The molecule has 0 fully saturated rings. The van der Waals surface area contributed by atoms with Crippen LogP contribution in [0, 0.1) is 0 Å². The van der Waals surface area contributed by atoms with Crippen molar-refractivity contribution < 1.29 is 14.3 Å². The van der Waals surface area contributed by atoms with Crippen molar-refractivity contribution >= 4 is 53.6 Å². The number of carbonyl (C=O) groups is 2. The Bertz CT molecular complexity index is 541. The van der Waals surface area contributed by atoms with Gasteiger partial charge in [0.25, 0.3) is 5.91 Å². The van der Waals surface area contributed by atoms with Crippen LogP contribution in [-0.4, -0.2) is 24.1 Å². The summed E-state index contributed by atoms with van der Waals surface area (Å²) >= 11 is 11.7. The van der Waals surface area contributed by atoms with E-state index < -0.39 is 12.0 Å². The highest BCUT2D eigenvalue weighted by Crippen LogP contribution is 2.24. The second kappa shape index (κ2) is 11.8. The molecule has 23 heavy (non-hydrogen) atoms. The van der Waals surface area contributed by atoms with Crippen LogP contribution in [-0.2, 0) is 16.0 Å². The van der Waals surface area contributed by atoms with Gasteiger partial charge in [-0.15, -0.1) is 12.4 Å². The van der Waals surface area contributed by atoms with Gasteiger partial charge in [0, 0.05) is 10.0 Å². The largest absolute Gasteiger partial charge is 0.447 e. The molecule has 0 radical (unpaired) electrons. The number of primary amides is 1. The normalized spacial score (nSPS) is 9.09. The van der Waals surface area contributed by atoms with Gasteiger partial charge in [0.15, 0.2) is 5.96 Å². The zero-order valence-electron chi connectivity index (χ0n) is 12.6. The van der Waals surface area contributed by atoms with Crippen molar-refractivity contribution in [2.45, 2.75) is 26.4 Å². The third-order valence-electron chi connectivity index (χ3n) is 2.00. The number of benzene rings is 1. The van der Waals surface area contributed by atoms with Crippen molar-refractivity contribution in [3.63, 3.8) is 0 Å². The predicted molar refractivity (Wildman–Crippen MR) is 94.0 cm³/mol. The summed E-state index contributed by atoms with van der Waals surface area (Å²) in [5, 5.41) is 0.836. The van der Waals surface area contributed by atoms with Gasteiger partial charge in [-0.1, -0.05) is 29.3 Å². The first-order chi connectivity index (χ1) is 10.1. The summed E-state index contributed by atoms with van der Waals surface area (Å²) in [6.07, 6.45) is -0.830. The van der Waals surface area contributed by atoms with Crippen LogP contribution >= 0.6 is 35.6 Å². The van der Waals surface area contributed by atoms with Crippen molar-refractivity contribution in [3.8, 4) is 0 Å². The van der Waals surface area contributed by atoms with E-state index in [1.165, 1.54) is 0 Å². The number of ether oxygens (including phenoxy) is 1. The van der Waals surface area contributed by atoms with Crippen molar-refractivity contribution in [1.82, 2.24) is 0 Å². The molecule has 0 aliphatic carbocycles. The minimum Gasteiger partial charge on any atom is -0.447 e. The number of aliphatic imine (C=N–C) groups is 1. The van der Waals surface area contributed by atoms with Gasteiger partial charge in [-0.05, 0) is 31.5 Å². The monoisotopic (exact) mass is 384 g/mol. The smallest absolute Gasteiger partial charge is 0.404 e. The fourth-order valence-electron chi connectivity index (χ4n) is 1.27. The van der Waals surface area contributed by atoms with E-state index in [1.54, 1.807) is 32.0 Å². The van der Waals surface area contributed by atoms with Crippen molar-refractivity contribution in [1.29, 1.82) is 0 Å². The molecule has 0 heterocycles. The van der Waals surface area contributed by atoms with Crippen LogP contribution in [0.3, 0.4) is 0 Å². The number of hydrogen-bond donors (Lipinski definition) is 3. The van der Waals surface area contributed by atoms with E-state index in [2.05, 4.69) is 15.5 Å². The third-order valence-corrected chi connectivity index (χ3v) is 2.70. The lowest BCUT2D eigenvalue weighted by atomic mass is 10.1. The molecule has 1 aromatic carbocycles. The summed E-state index contributed by atoms with van der Waals surface area (Å²) in [6, 6.07) is 4.98. The molecule has 0 saturated carbocycles. The van der Waals surface area contributed by atoms with E-state index >= 15 is 0 Å². The van der Waals surface area contributed by atoms with Gasteiger partial charge in [-0.2, -0.15) is 4.99 Å². The van der Waals surface area contributed by atoms with Crippen LogP contribution in [0.2, 0.25) is 10.0 Å². The zero-order valence-corrected chi connectivity index (χ0v) is 14.9. The summed E-state index contributed by atoms with van der Waals surface area (Å²) < 4.78 is 4.39. The fourth-order valence-corrected chi connectivity index (χ4v) is 1.80. The molecule has 6 N–H and O–H groups in total. The molecule has 0 spiro atoms. The molecule has 1 rings (SSSR count). The Morgan fingerprint density at radius 1 is 1.17 bits per heavy atom. The standard InChI is InChI=1S/C9H9Cl2N3O.C4H9NO2.ClH/c10-6-2-1-3-7(11)5(6)4-8(15)14-9(12)13;1-3(2)7-4(5)6;/h1-3H,4H2,(H4,12,13,14,15);3H,1-2H3,(H2,5,6);1H. The maximum absolute atomic E-state index is 11.3. The van der Waals surface area contributed by atoms with E-state index in [1.807, 2.05) is 0 Å². The highest BCUT2D eigenvalue weighted by atomic mass is 35.5. The van der Waals surface area contributed by atoms with Crippen LogP contribution in [0.15, 0.2) is 23.2 Å². The first kappa shape index (κ1) is 23.6. The number of nitrogens with two attached hydrogens (primary N) is 3. The second-order valence-corrected chi connectivity index (χ2v) is 5.11. The van der Waals surface area contributed by atoms with Crippen molar-refractivity contribution in [3.05, 3.63) is 33.8 Å². The van der Waals surface area contributed by atoms with E-state index in [0.717, 1.165) is 0 Å². The molecule has 1 aromatic rings. The summed E-state index contributed by atoms with van der Waals surface area (Å²) in [5.74, 6) is -0.756. The number of halogens is 3. The molecule has 0 aliphatic heterocycles. The summed E-state index contributed by atoms with van der Waals surface area (Å²) in [5.41, 5.74) is 15.3. The topological polar surface area (TPSA) is 134 Å². The minimum atomic E-state index is -0.713. The average molecular weight is 386 g/mol. The van der Waals surface area contributed by atoms with Crippen LogP contribution < -0.4 is 17.2 Å². The molecular weight excluding hydrogens is 367 g/mol. The number of carbonyl (C=O) groups excluding carboxylic acids is 2. The van der Waals surface area contributed by atoms with E-state index in [9.17, 15) is 9.59 Å². The highest BCUT2D eigenvalue weighted by Gasteiger charge is 2.09. The number of hydrogen-bond acceptors (Lipinski definition) is 3. The van der Waals surface area contributed by atoms with E-state index in [0.29, 0.717) is 15.6 Å². The summed E-state index contributed by atoms with van der Waals surface area (Å²) in [7, 11) is 0. The third kappa shape index (κ3) is 11.5. The first-order valence-electron chi connectivity index (χ1n) is 6.15. The second-order valence-electron chi connectivity index (χ2n) is 4.29. The van der Waals surface area contributed by atoms with Gasteiger partial charge in [0.05, 0.1) is 12.5 Å². The zero-order chi connectivity index (χ0) is 17.3. The molecule has 0 unspecified atom stereocenters. The van der Waals surface area contributed by atoms with Gasteiger partial charge < -0.3 is 21.9 Å². The Balaban J connectivity index is 0. The number of guanidine groups is 1. The van der Waals surface area contributed by atoms with Gasteiger partial charge >= 0.3 is 6.09 Å². The maximum Gasteiger partial charge on any atom is 0.404 e. The Morgan fingerprint density at radius 2 is 1.65 bits per heavy atom. The van der Waals surface area contributed by atoms with Gasteiger partial charge in [0.2, 0.25) is 0 Å². The molecule has 0 bridgehead atoms. The molecule has 10 heteroatoms. The first-order valence-corrected chi connectivity index (χ1v) is 6.90. The van der Waals surface area contributed by atoms with E-state index in [4.69, 9.17) is 34.7 Å². The Hall–Kier alpha value is -1.70. The highest BCUT2D eigenvalue weighted by molar-refractivity contribution is 6.36. The summed E-state index contributed by atoms with van der Waals surface area (Å²) in [6.45, 7) is 3.48. The number of rotatable bonds is 3. The van der Waals surface area contributed by atoms with Crippen LogP contribution in [0.5, 0.6) is 0 Å². The SMILES string of the molecule is CC(C)OC(N)=O.Cl.NC(N)=NC(=O)Cc1c(Cl)cccc1Cl. The molecule has 0 saturated heterocycles. The lowest BCUT2D eigenvalue weighted by Gasteiger charge is -2.03. The Kier molecular flexibility index (Phi) is 12.1. The quantitative estimate of drug-likeness (QED) is 0.542. The minimum absolute atomic E-state index is 0. The van der Waals surface area contributed by atoms with Gasteiger partial charge in [-0.3, -0.25) is 4.79 Å². The fraction of sp³-hybridized carbons (Fsp3) is 0.308. The average Bonchev–Trinajstić information content (AvgIpc) is 2.32. The Labute approximate surface area is 150 Å². The molecule has 7 nitrogen and oxygen atoms in total. The van der Waals surface area contributed by atoms with Crippen LogP contribution in [0.4, 0.5) is 4.79 Å². The Morgan fingerprint density at radius 3 is 1.96 bits per heavy atom. The van der Waals surface area contributed by atoms with E-state index in [-0.39, 0.29) is 30.9 Å². The number of nitrogens with zero attached hydrogens (tertiary/aromatic N) is 1. The molecular formula is C13H19Cl3N4O3. The van der Waals surface area contributed by atoms with Gasteiger partial charge in [0.1, 0.15) is 0 Å². The van der Waals surface area contributed by atoms with Gasteiger partial charge in [-0.25, -0.2) is 4.79 Å². The van der Waals surface area contributed by atoms with Crippen LogP contribution in [0.25, 0.3) is 0 Å². The summed E-state index contributed by atoms with van der Waals surface area (Å²) in [4.78, 5) is 24.4. The van der Waals surface area contributed by atoms with Crippen molar-refractivity contribution in [2.24, 2.45) is 22.2 Å². The molecule has 2 amide bonds. The molecule has 0 aliphatic rings. The predicted octanol–water partition coefficient (Wildman–Crippen LogP) is 2.25. The lowest BCUT2D eigenvalue weighted by Crippen LogP contribution is -2.24.